The standard InChI is InChI=1S/C32H37N9/c1-21-4-3-5-28-26(21)18-34-32(38-28)37-23-8-6-22(7-9-23)27-19-41(31-29(27)30(33)35-20-36-31)25-12-10-24(11-13-25)40-16-14-39(2)15-17-40/h3-9,18-20,24-25H,10-17H2,1-2H3,(H2,33,35,36)(H,34,37,38). The molecule has 3 N–H and O–H groups in total. The summed E-state index contributed by atoms with van der Waals surface area (Å²) in [6, 6.07) is 15.6. The number of nitrogens with two attached hydrogens (primary N) is 1. The second-order valence-electron chi connectivity index (χ2n) is 11.6. The molecule has 2 aliphatic rings. The average molecular weight is 548 g/mol. The molecule has 0 unspecified atom stereocenters. The van der Waals surface area contributed by atoms with E-state index in [1.165, 1.54) is 44.6 Å². The number of rotatable bonds is 5. The Kier molecular flexibility index (Phi) is 6.76. The Hall–Kier alpha value is -4.08. The van der Waals surface area contributed by atoms with Crippen LogP contribution in [0.15, 0.2) is 61.2 Å². The molecule has 0 bridgehead atoms. The number of benzene rings is 2. The molecule has 41 heavy (non-hydrogen) atoms. The Bertz CT molecular complexity index is 1680. The van der Waals surface area contributed by atoms with Crippen molar-refractivity contribution in [3.05, 3.63) is 66.7 Å². The van der Waals surface area contributed by atoms with Crippen molar-refractivity contribution in [1.29, 1.82) is 0 Å². The fourth-order valence-electron chi connectivity index (χ4n) is 6.62. The molecule has 4 heterocycles. The molecule has 0 atom stereocenters. The molecule has 5 aromatic rings. The van der Waals surface area contributed by atoms with Gasteiger partial charge in [-0.15, -0.1) is 0 Å². The highest BCUT2D eigenvalue weighted by atomic mass is 15.3. The van der Waals surface area contributed by atoms with E-state index in [4.69, 9.17) is 15.7 Å². The molecule has 1 saturated heterocycles. The first kappa shape index (κ1) is 25.9. The molecule has 1 aliphatic carbocycles. The smallest absolute Gasteiger partial charge is 0.227 e. The largest absolute Gasteiger partial charge is 0.383 e. The van der Waals surface area contributed by atoms with Crippen LogP contribution in [0.1, 0.15) is 37.3 Å². The second kappa shape index (κ2) is 10.7. The highest BCUT2D eigenvalue weighted by Crippen LogP contribution is 2.39. The summed E-state index contributed by atoms with van der Waals surface area (Å²) in [6.07, 6.45) is 10.5. The average Bonchev–Trinajstić information content (AvgIpc) is 3.39. The molecule has 3 aromatic heterocycles. The van der Waals surface area contributed by atoms with Crippen molar-refractivity contribution in [2.75, 3.05) is 44.3 Å². The van der Waals surface area contributed by atoms with Crippen molar-refractivity contribution in [2.45, 2.75) is 44.7 Å². The van der Waals surface area contributed by atoms with Crippen LogP contribution in [0.4, 0.5) is 17.5 Å². The lowest BCUT2D eigenvalue weighted by atomic mass is 9.89. The first-order valence-corrected chi connectivity index (χ1v) is 14.7. The second-order valence-corrected chi connectivity index (χ2v) is 11.6. The number of piperazine rings is 1. The first-order valence-electron chi connectivity index (χ1n) is 14.7. The van der Waals surface area contributed by atoms with Crippen LogP contribution in [0.25, 0.3) is 33.1 Å². The van der Waals surface area contributed by atoms with Gasteiger partial charge in [0.05, 0.1) is 10.9 Å². The number of nitrogens with zero attached hydrogens (tertiary/aromatic N) is 7. The summed E-state index contributed by atoms with van der Waals surface area (Å²) in [4.78, 5) is 23.4. The van der Waals surface area contributed by atoms with Gasteiger partial charge in [0.25, 0.3) is 0 Å². The van der Waals surface area contributed by atoms with Crippen LogP contribution < -0.4 is 11.1 Å². The van der Waals surface area contributed by atoms with E-state index in [-0.39, 0.29) is 0 Å². The van der Waals surface area contributed by atoms with Gasteiger partial charge in [-0.3, -0.25) is 4.90 Å². The summed E-state index contributed by atoms with van der Waals surface area (Å²) < 4.78 is 2.36. The fraction of sp³-hybridized carbons (Fsp3) is 0.375. The Balaban J connectivity index is 1.12. The first-order chi connectivity index (χ1) is 20.0. The van der Waals surface area contributed by atoms with Crippen LogP contribution in [0, 0.1) is 6.92 Å². The Morgan fingerprint density at radius 1 is 0.878 bits per heavy atom. The van der Waals surface area contributed by atoms with Gasteiger partial charge >= 0.3 is 0 Å². The minimum atomic E-state index is 0.416. The van der Waals surface area contributed by atoms with E-state index in [9.17, 15) is 0 Å². The summed E-state index contributed by atoms with van der Waals surface area (Å²) >= 11 is 0. The summed E-state index contributed by atoms with van der Waals surface area (Å²) in [6.45, 7) is 6.79. The molecule has 2 fully saturated rings. The van der Waals surface area contributed by atoms with E-state index in [1.807, 2.05) is 18.3 Å². The maximum Gasteiger partial charge on any atom is 0.227 e. The van der Waals surface area contributed by atoms with Crippen molar-refractivity contribution in [3.8, 4) is 11.1 Å². The van der Waals surface area contributed by atoms with Gasteiger partial charge < -0.3 is 20.5 Å². The zero-order valence-corrected chi connectivity index (χ0v) is 23.8. The zero-order chi connectivity index (χ0) is 27.9. The predicted octanol–water partition coefficient (Wildman–Crippen LogP) is 5.41. The normalized spacial score (nSPS) is 20.5. The van der Waals surface area contributed by atoms with Gasteiger partial charge in [0.15, 0.2) is 0 Å². The molecule has 2 aromatic carbocycles. The van der Waals surface area contributed by atoms with Gasteiger partial charge in [-0.1, -0.05) is 24.3 Å². The molecular weight excluding hydrogens is 510 g/mol. The van der Waals surface area contributed by atoms with Gasteiger partial charge in [-0.05, 0) is 69.0 Å². The number of nitrogens with one attached hydrogen (secondary N) is 1. The Morgan fingerprint density at radius 3 is 2.41 bits per heavy atom. The van der Waals surface area contributed by atoms with E-state index in [1.54, 1.807) is 6.33 Å². The fourth-order valence-corrected chi connectivity index (χ4v) is 6.62. The van der Waals surface area contributed by atoms with Gasteiger partial charge in [0.2, 0.25) is 5.95 Å². The molecule has 7 rings (SSSR count). The topological polar surface area (TPSA) is 101 Å². The SMILES string of the molecule is Cc1cccc2nc(Nc3ccc(-c4cn(C5CCC(N6CCN(C)CC6)CC5)c5ncnc(N)c45)cc3)ncc12. The molecule has 1 saturated carbocycles. The van der Waals surface area contributed by atoms with Crippen molar-refractivity contribution < 1.29 is 0 Å². The maximum absolute atomic E-state index is 6.45. The number of hydrogen-bond donors (Lipinski definition) is 2. The van der Waals surface area contributed by atoms with Crippen molar-refractivity contribution in [2.24, 2.45) is 0 Å². The molecule has 0 spiro atoms. The summed E-state index contributed by atoms with van der Waals surface area (Å²) in [5.74, 6) is 1.11. The highest BCUT2D eigenvalue weighted by Gasteiger charge is 2.30. The minimum Gasteiger partial charge on any atom is -0.383 e. The molecule has 9 heteroatoms. The van der Waals surface area contributed by atoms with E-state index in [0.717, 1.165) is 51.6 Å². The van der Waals surface area contributed by atoms with E-state index in [0.29, 0.717) is 23.8 Å². The third kappa shape index (κ3) is 5.00. The minimum absolute atomic E-state index is 0.416. The molecule has 0 radical (unpaired) electrons. The predicted molar refractivity (Wildman–Crippen MR) is 165 cm³/mol. The van der Waals surface area contributed by atoms with Gasteiger partial charge in [-0.2, -0.15) is 0 Å². The van der Waals surface area contributed by atoms with Crippen LogP contribution in [0.2, 0.25) is 0 Å². The van der Waals surface area contributed by atoms with Gasteiger partial charge in [-0.25, -0.2) is 19.9 Å². The quantitative estimate of drug-likeness (QED) is 0.301. The van der Waals surface area contributed by atoms with E-state index < -0.39 is 0 Å². The van der Waals surface area contributed by atoms with Crippen molar-refractivity contribution >= 4 is 39.4 Å². The lowest BCUT2D eigenvalue weighted by molar-refractivity contribution is 0.0828. The number of hydrogen-bond acceptors (Lipinski definition) is 8. The molecule has 1 aliphatic heterocycles. The monoisotopic (exact) mass is 547 g/mol. The summed E-state index contributed by atoms with van der Waals surface area (Å²) in [7, 11) is 2.22. The molecule has 210 valence electrons. The molecule has 9 nitrogen and oxygen atoms in total. The van der Waals surface area contributed by atoms with Crippen LogP contribution in [-0.4, -0.2) is 73.6 Å². The van der Waals surface area contributed by atoms with E-state index in [2.05, 4.69) is 80.2 Å². The Morgan fingerprint density at radius 2 is 1.63 bits per heavy atom. The third-order valence-electron chi connectivity index (χ3n) is 9.05. The van der Waals surface area contributed by atoms with Crippen molar-refractivity contribution in [3.63, 3.8) is 0 Å². The molecular formula is C32H37N9. The summed E-state index contributed by atoms with van der Waals surface area (Å²) in [5.41, 5.74) is 12.6. The zero-order valence-electron chi connectivity index (χ0n) is 23.8. The van der Waals surface area contributed by atoms with E-state index >= 15 is 0 Å². The third-order valence-corrected chi connectivity index (χ3v) is 9.05. The summed E-state index contributed by atoms with van der Waals surface area (Å²) in [5, 5.41) is 5.35. The van der Waals surface area contributed by atoms with Gasteiger partial charge in [0, 0.05) is 67.3 Å². The maximum atomic E-state index is 6.45. The number of fused-ring (bicyclic) bond motifs is 2. The van der Waals surface area contributed by atoms with Gasteiger partial charge in [0.1, 0.15) is 17.8 Å². The van der Waals surface area contributed by atoms with Crippen LogP contribution in [0.5, 0.6) is 0 Å². The lowest BCUT2D eigenvalue weighted by Crippen LogP contribution is -2.49. The number of nitrogen functional groups attached to an aromatic ring is 1. The molecule has 0 amide bonds. The number of aromatic nitrogens is 5. The number of likely N-dealkylation sites (N-methyl/N-ethyl adjacent to an activating group) is 1. The number of anilines is 3. The van der Waals surface area contributed by atoms with Crippen LogP contribution >= 0.6 is 0 Å². The van der Waals surface area contributed by atoms with Crippen LogP contribution in [-0.2, 0) is 0 Å². The van der Waals surface area contributed by atoms with Crippen molar-refractivity contribution in [1.82, 2.24) is 34.3 Å². The van der Waals surface area contributed by atoms with Crippen LogP contribution in [0.3, 0.4) is 0 Å². The lowest BCUT2D eigenvalue weighted by Gasteiger charge is -2.41. The number of aryl methyl sites for hydroxylation is 1. The Labute approximate surface area is 240 Å². The highest BCUT2D eigenvalue weighted by molar-refractivity contribution is 6.00.